The van der Waals surface area contributed by atoms with Crippen LogP contribution in [0.15, 0.2) is 53.4 Å². The van der Waals surface area contributed by atoms with E-state index in [1.165, 1.54) is 11.6 Å². The van der Waals surface area contributed by atoms with Gasteiger partial charge in [-0.2, -0.15) is 0 Å². The van der Waals surface area contributed by atoms with Crippen molar-refractivity contribution in [2.24, 2.45) is 0 Å². The Bertz CT molecular complexity index is 813. The molecular weight excluding hydrogens is 364 g/mol. The first-order valence-electron chi connectivity index (χ1n) is 8.89. The first-order valence-corrected chi connectivity index (χ1v) is 10.4. The van der Waals surface area contributed by atoms with Gasteiger partial charge in [-0.1, -0.05) is 30.3 Å². The molecule has 0 aliphatic heterocycles. The van der Waals surface area contributed by atoms with Gasteiger partial charge in [-0.25, -0.2) is 13.1 Å². The second-order valence-corrected chi connectivity index (χ2v) is 8.12. The molecule has 0 amide bonds. The molecule has 0 spiro atoms. The molecule has 0 saturated heterocycles. The van der Waals surface area contributed by atoms with E-state index in [1.54, 1.807) is 12.1 Å². The molecule has 0 aromatic heterocycles. The number of nitrogens with one attached hydrogen (secondary N) is 2. The second-order valence-electron chi connectivity index (χ2n) is 6.38. The molecule has 2 aromatic carbocycles. The third kappa shape index (κ3) is 6.84. The van der Waals surface area contributed by atoms with Crippen molar-refractivity contribution in [1.29, 1.82) is 0 Å². The smallest absolute Gasteiger partial charge is 0.242 e. The highest BCUT2D eigenvalue weighted by Crippen LogP contribution is 2.23. The minimum atomic E-state index is -3.73. The van der Waals surface area contributed by atoms with Crippen LogP contribution in [0.4, 0.5) is 11.4 Å². The molecule has 0 aliphatic carbocycles. The van der Waals surface area contributed by atoms with Crippen LogP contribution in [0, 0.1) is 0 Å². The normalized spacial score (nSPS) is 11.7. The summed E-state index contributed by atoms with van der Waals surface area (Å²) in [6, 6.07) is 15.0. The SMILES string of the molecule is CN(CCCNc1ccc(N)cc1S(=O)(=O)NCCO)Cc1ccccc1. The average molecular weight is 393 g/mol. The summed E-state index contributed by atoms with van der Waals surface area (Å²) in [7, 11) is -1.67. The number of anilines is 2. The molecule has 0 bridgehead atoms. The van der Waals surface area contributed by atoms with Gasteiger partial charge in [-0.05, 0) is 43.8 Å². The molecular formula is C19H28N4O3S. The molecule has 8 heteroatoms. The average Bonchev–Trinajstić information content (AvgIpc) is 2.65. The lowest BCUT2D eigenvalue weighted by Crippen LogP contribution is -2.27. The van der Waals surface area contributed by atoms with Crippen molar-refractivity contribution in [3.05, 3.63) is 54.1 Å². The summed E-state index contributed by atoms with van der Waals surface area (Å²) in [5.41, 5.74) is 7.87. The van der Waals surface area contributed by atoms with Crippen LogP contribution in [0.2, 0.25) is 0 Å². The van der Waals surface area contributed by atoms with Crippen molar-refractivity contribution in [2.75, 3.05) is 44.3 Å². The van der Waals surface area contributed by atoms with Crippen LogP contribution >= 0.6 is 0 Å². The number of rotatable bonds is 11. The van der Waals surface area contributed by atoms with Crippen molar-refractivity contribution in [1.82, 2.24) is 9.62 Å². The molecule has 148 valence electrons. The fourth-order valence-electron chi connectivity index (χ4n) is 2.71. The van der Waals surface area contributed by atoms with E-state index < -0.39 is 10.0 Å². The van der Waals surface area contributed by atoms with Crippen LogP contribution in [0.3, 0.4) is 0 Å². The maximum Gasteiger partial charge on any atom is 0.242 e. The van der Waals surface area contributed by atoms with Gasteiger partial charge in [-0.15, -0.1) is 0 Å². The van der Waals surface area contributed by atoms with Crippen molar-refractivity contribution in [3.63, 3.8) is 0 Å². The molecule has 5 N–H and O–H groups in total. The zero-order valence-corrected chi connectivity index (χ0v) is 16.4. The summed E-state index contributed by atoms with van der Waals surface area (Å²) < 4.78 is 27.1. The minimum Gasteiger partial charge on any atom is -0.399 e. The number of sulfonamides is 1. The monoisotopic (exact) mass is 392 g/mol. The molecule has 7 nitrogen and oxygen atoms in total. The topological polar surface area (TPSA) is 108 Å². The fourth-order valence-corrected chi connectivity index (χ4v) is 3.95. The third-order valence-corrected chi connectivity index (χ3v) is 5.53. The van der Waals surface area contributed by atoms with Gasteiger partial charge in [0.15, 0.2) is 0 Å². The Morgan fingerprint density at radius 2 is 1.85 bits per heavy atom. The van der Waals surface area contributed by atoms with Gasteiger partial charge in [0, 0.05) is 25.3 Å². The van der Waals surface area contributed by atoms with E-state index in [0.29, 0.717) is 17.9 Å². The predicted molar refractivity (Wildman–Crippen MR) is 109 cm³/mol. The quantitative estimate of drug-likeness (QED) is 0.341. The van der Waals surface area contributed by atoms with Gasteiger partial charge in [-0.3, -0.25) is 0 Å². The second kappa shape index (κ2) is 10.3. The number of nitrogens with zero attached hydrogens (tertiary/aromatic N) is 1. The van der Waals surface area contributed by atoms with Gasteiger partial charge >= 0.3 is 0 Å². The molecule has 0 unspecified atom stereocenters. The van der Waals surface area contributed by atoms with E-state index in [1.807, 2.05) is 18.2 Å². The van der Waals surface area contributed by atoms with E-state index in [9.17, 15) is 8.42 Å². The highest BCUT2D eigenvalue weighted by molar-refractivity contribution is 7.89. The van der Waals surface area contributed by atoms with Gasteiger partial charge < -0.3 is 21.1 Å². The van der Waals surface area contributed by atoms with Crippen LogP contribution in [0.5, 0.6) is 0 Å². The Kier molecular flexibility index (Phi) is 8.05. The lowest BCUT2D eigenvalue weighted by atomic mass is 10.2. The van der Waals surface area contributed by atoms with Crippen LogP contribution in [0.1, 0.15) is 12.0 Å². The van der Waals surface area contributed by atoms with Crippen LogP contribution in [-0.4, -0.2) is 51.7 Å². The minimum absolute atomic E-state index is 0.0408. The Balaban J connectivity index is 1.90. The van der Waals surface area contributed by atoms with Gasteiger partial charge in [0.2, 0.25) is 10.0 Å². The van der Waals surface area contributed by atoms with Crippen molar-refractivity contribution >= 4 is 21.4 Å². The van der Waals surface area contributed by atoms with E-state index in [0.717, 1.165) is 19.5 Å². The van der Waals surface area contributed by atoms with E-state index in [2.05, 4.69) is 34.1 Å². The summed E-state index contributed by atoms with van der Waals surface area (Å²) in [6.45, 7) is 2.07. The molecule has 0 heterocycles. The van der Waals surface area contributed by atoms with Crippen molar-refractivity contribution in [3.8, 4) is 0 Å². The molecule has 2 rings (SSSR count). The molecule has 0 atom stereocenters. The van der Waals surface area contributed by atoms with E-state index >= 15 is 0 Å². The lowest BCUT2D eigenvalue weighted by molar-refractivity contribution is 0.301. The fraction of sp³-hybridized carbons (Fsp3) is 0.368. The summed E-state index contributed by atoms with van der Waals surface area (Å²) in [4.78, 5) is 2.31. The summed E-state index contributed by atoms with van der Waals surface area (Å²) in [6.07, 6.45) is 0.858. The maximum absolute atomic E-state index is 12.4. The standard InChI is InChI=1S/C19H28N4O3S/c1-23(15-16-6-3-2-4-7-16)12-5-10-21-18-9-8-17(20)14-19(18)27(25,26)22-11-13-24/h2-4,6-9,14,21-22,24H,5,10-13,15,20H2,1H3. The van der Waals surface area contributed by atoms with Crippen LogP contribution in [0.25, 0.3) is 0 Å². The Labute approximate surface area is 161 Å². The summed E-state index contributed by atoms with van der Waals surface area (Å²) >= 11 is 0. The van der Waals surface area contributed by atoms with Crippen molar-refractivity contribution < 1.29 is 13.5 Å². The van der Waals surface area contributed by atoms with Crippen LogP contribution in [-0.2, 0) is 16.6 Å². The number of nitrogen functional groups attached to an aromatic ring is 1. The van der Waals surface area contributed by atoms with Crippen molar-refractivity contribution in [2.45, 2.75) is 17.9 Å². The lowest BCUT2D eigenvalue weighted by Gasteiger charge is -2.18. The summed E-state index contributed by atoms with van der Waals surface area (Å²) in [5.74, 6) is 0. The molecule has 2 aromatic rings. The zero-order chi connectivity index (χ0) is 19.7. The first-order chi connectivity index (χ1) is 12.9. The third-order valence-electron chi connectivity index (χ3n) is 4.03. The highest BCUT2D eigenvalue weighted by atomic mass is 32.2. The number of nitrogens with two attached hydrogens (primary N) is 1. The molecule has 0 saturated carbocycles. The molecule has 0 aliphatic rings. The number of hydrogen-bond acceptors (Lipinski definition) is 6. The number of aliphatic hydroxyl groups is 1. The first kappa shape index (κ1) is 21.2. The van der Waals surface area contributed by atoms with E-state index in [-0.39, 0.29) is 18.0 Å². The molecule has 0 fully saturated rings. The van der Waals surface area contributed by atoms with Crippen LogP contribution < -0.4 is 15.8 Å². The van der Waals surface area contributed by atoms with Gasteiger partial charge in [0.05, 0.1) is 12.3 Å². The Morgan fingerprint density at radius 3 is 2.56 bits per heavy atom. The Hall–Kier alpha value is -2.13. The summed E-state index contributed by atoms with van der Waals surface area (Å²) in [5, 5.41) is 12.0. The number of hydrogen-bond donors (Lipinski definition) is 4. The largest absolute Gasteiger partial charge is 0.399 e. The maximum atomic E-state index is 12.4. The molecule has 27 heavy (non-hydrogen) atoms. The van der Waals surface area contributed by atoms with Gasteiger partial charge in [0.25, 0.3) is 0 Å². The molecule has 0 radical (unpaired) electrons. The number of aliphatic hydroxyl groups excluding tert-OH is 1. The Morgan fingerprint density at radius 1 is 1.11 bits per heavy atom. The number of benzene rings is 2. The zero-order valence-electron chi connectivity index (χ0n) is 15.6. The van der Waals surface area contributed by atoms with Gasteiger partial charge in [0.1, 0.15) is 4.90 Å². The predicted octanol–water partition coefficient (Wildman–Crippen LogP) is 1.47. The highest BCUT2D eigenvalue weighted by Gasteiger charge is 2.18. The van der Waals surface area contributed by atoms with E-state index in [4.69, 9.17) is 10.8 Å².